The Balaban J connectivity index is 1.43. The molecule has 1 fully saturated rings. The number of carbonyl (C=O) groups is 1. The molecule has 24 heavy (non-hydrogen) atoms. The number of nitrogens with one attached hydrogen (secondary N) is 3. The van der Waals surface area contributed by atoms with Gasteiger partial charge in [-0.3, -0.25) is 0 Å². The Bertz CT molecular complexity index is 630. The van der Waals surface area contributed by atoms with Crippen molar-refractivity contribution in [3.8, 4) is 0 Å². The average molecular weight is 323 g/mol. The number of urea groups is 1. The predicted octanol–water partition coefficient (Wildman–Crippen LogP) is 3.42. The first-order valence-corrected chi connectivity index (χ1v) is 8.67. The van der Waals surface area contributed by atoms with E-state index in [9.17, 15) is 4.79 Å². The second-order valence-electron chi connectivity index (χ2n) is 6.43. The second kappa shape index (κ2) is 8.50. The molecule has 0 saturated carbocycles. The summed E-state index contributed by atoms with van der Waals surface area (Å²) in [4.78, 5) is 12.0. The Morgan fingerprint density at radius 1 is 1.04 bits per heavy atom. The number of carbonyl (C=O) groups excluding carboxylic acids is 1. The highest BCUT2D eigenvalue weighted by atomic mass is 16.2. The van der Waals surface area contributed by atoms with E-state index >= 15 is 0 Å². The number of para-hydroxylation sites is 1. The van der Waals surface area contributed by atoms with E-state index in [0.717, 1.165) is 25.1 Å². The van der Waals surface area contributed by atoms with E-state index in [0.29, 0.717) is 18.5 Å². The Morgan fingerprint density at radius 3 is 2.50 bits per heavy atom. The monoisotopic (exact) mass is 323 g/mol. The van der Waals surface area contributed by atoms with Crippen LogP contribution in [0.25, 0.3) is 0 Å². The lowest BCUT2D eigenvalue weighted by Crippen LogP contribution is -2.47. The zero-order chi connectivity index (χ0) is 16.6. The topological polar surface area (TPSA) is 53.2 Å². The van der Waals surface area contributed by atoms with Gasteiger partial charge in [0.2, 0.25) is 0 Å². The quantitative estimate of drug-likeness (QED) is 0.790. The molecule has 0 aliphatic carbocycles. The van der Waals surface area contributed by atoms with E-state index in [-0.39, 0.29) is 6.03 Å². The van der Waals surface area contributed by atoms with Crippen molar-refractivity contribution < 1.29 is 4.79 Å². The van der Waals surface area contributed by atoms with Crippen LogP contribution in [-0.2, 0) is 6.42 Å². The molecule has 2 aromatic carbocycles. The van der Waals surface area contributed by atoms with Crippen molar-refractivity contribution in [1.82, 2.24) is 10.6 Å². The molecule has 2 atom stereocenters. The van der Waals surface area contributed by atoms with Gasteiger partial charge in [-0.15, -0.1) is 0 Å². The van der Waals surface area contributed by atoms with Crippen LogP contribution in [0, 0.1) is 5.92 Å². The standard InChI is InChI=1S/C20H25N3O/c24-20(23-18-9-5-2-6-10-18)22-15-19-14-17(11-12-21-19)13-16-7-3-1-4-8-16/h1-10,17,19,21H,11-15H2,(H2,22,23,24)/t17-,19+/m0/s1. The molecule has 1 saturated heterocycles. The molecule has 4 nitrogen and oxygen atoms in total. The number of rotatable bonds is 5. The molecule has 2 amide bonds. The summed E-state index contributed by atoms with van der Waals surface area (Å²) in [7, 11) is 0. The SMILES string of the molecule is O=C(NC[C@H]1C[C@H](Cc2ccccc2)CCN1)Nc1ccccc1. The minimum atomic E-state index is -0.145. The fraction of sp³-hybridized carbons (Fsp3) is 0.350. The molecule has 2 aromatic rings. The fourth-order valence-electron chi connectivity index (χ4n) is 3.30. The number of anilines is 1. The molecule has 3 rings (SSSR count). The van der Waals surface area contributed by atoms with Crippen LogP contribution in [0.1, 0.15) is 18.4 Å². The van der Waals surface area contributed by atoms with E-state index in [1.165, 1.54) is 12.0 Å². The molecule has 1 aliphatic heterocycles. The highest BCUT2D eigenvalue weighted by molar-refractivity contribution is 5.89. The van der Waals surface area contributed by atoms with Crippen LogP contribution in [0.4, 0.5) is 10.5 Å². The maximum Gasteiger partial charge on any atom is 0.319 e. The summed E-state index contributed by atoms with van der Waals surface area (Å²) >= 11 is 0. The van der Waals surface area contributed by atoms with Crippen molar-refractivity contribution in [2.75, 3.05) is 18.4 Å². The van der Waals surface area contributed by atoms with Crippen molar-refractivity contribution >= 4 is 11.7 Å². The summed E-state index contributed by atoms with van der Waals surface area (Å²) in [6.07, 6.45) is 3.41. The van der Waals surface area contributed by atoms with Crippen LogP contribution in [0.3, 0.4) is 0 Å². The van der Waals surface area contributed by atoms with Gasteiger partial charge in [-0.05, 0) is 49.4 Å². The van der Waals surface area contributed by atoms with Gasteiger partial charge in [0.1, 0.15) is 0 Å². The molecule has 3 N–H and O–H groups in total. The first-order valence-electron chi connectivity index (χ1n) is 8.67. The molecule has 1 aliphatic rings. The molecular formula is C20H25N3O. The van der Waals surface area contributed by atoms with Crippen molar-refractivity contribution in [2.45, 2.75) is 25.3 Å². The van der Waals surface area contributed by atoms with E-state index in [4.69, 9.17) is 0 Å². The van der Waals surface area contributed by atoms with Crippen molar-refractivity contribution in [2.24, 2.45) is 5.92 Å². The van der Waals surface area contributed by atoms with Gasteiger partial charge in [0.15, 0.2) is 0 Å². The van der Waals surface area contributed by atoms with E-state index < -0.39 is 0 Å². The van der Waals surface area contributed by atoms with Gasteiger partial charge in [0.25, 0.3) is 0 Å². The number of benzene rings is 2. The lowest BCUT2D eigenvalue weighted by molar-refractivity contribution is 0.246. The Kier molecular flexibility index (Phi) is 5.85. The summed E-state index contributed by atoms with van der Waals surface area (Å²) in [5.74, 6) is 0.678. The summed E-state index contributed by atoms with van der Waals surface area (Å²) in [6.45, 7) is 1.67. The van der Waals surface area contributed by atoms with Gasteiger partial charge in [-0.2, -0.15) is 0 Å². The molecule has 0 unspecified atom stereocenters. The highest BCUT2D eigenvalue weighted by Crippen LogP contribution is 2.20. The van der Waals surface area contributed by atoms with Crippen molar-refractivity contribution in [3.05, 3.63) is 66.2 Å². The maximum absolute atomic E-state index is 12.0. The van der Waals surface area contributed by atoms with Crippen LogP contribution >= 0.6 is 0 Å². The Hall–Kier alpha value is -2.33. The number of amides is 2. The molecule has 126 valence electrons. The lowest BCUT2D eigenvalue weighted by Gasteiger charge is -2.30. The van der Waals surface area contributed by atoms with Crippen molar-refractivity contribution in [3.63, 3.8) is 0 Å². The third kappa shape index (κ3) is 5.10. The largest absolute Gasteiger partial charge is 0.336 e. The molecular weight excluding hydrogens is 298 g/mol. The van der Waals surface area contributed by atoms with Gasteiger partial charge in [-0.1, -0.05) is 48.5 Å². The Labute approximate surface area is 143 Å². The van der Waals surface area contributed by atoms with Crippen LogP contribution in [0.2, 0.25) is 0 Å². The highest BCUT2D eigenvalue weighted by Gasteiger charge is 2.22. The third-order valence-electron chi connectivity index (χ3n) is 4.51. The summed E-state index contributed by atoms with van der Waals surface area (Å²) in [5, 5.41) is 9.34. The molecule has 4 heteroatoms. The average Bonchev–Trinajstić information content (AvgIpc) is 2.62. The van der Waals surface area contributed by atoms with Crippen LogP contribution in [-0.4, -0.2) is 25.2 Å². The predicted molar refractivity (Wildman–Crippen MR) is 98.1 cm³/mol. The normalized spacial score (nSPS) is 20.3. The molecule has 0 bridgehead atoms. The van der Waals surface area contributed by atoms with Crippen LogP contribution < -0.4 is 16.0 Å². The molecule has 0 radical (unpaired) electrons. The minimum Gasteiger partial charge on any atom is -0.336 e. The second-order valence-corrected chi connectivity index (χ2v) is 6.43. The van der Waals surface area contributed by atoms with E-state index in [2.05, 4.69) is 46.3 Å². The van der Waals surface area contributed by atoms with Crippen molar-refractivity contribution in [1.29, 1.82) is 0 Å². The van der Waals surface area contributed by atoms with Gasteiger partial charge in [0, 0.05) is 18.3 Å². The Morgan fingerprint density at radius 2 is 1.75 bits per heavy atom. The minimum absolute atomic E-state index is 0.145. The maximum atomic E-state index is 12.0. The van der Waals surface area contributed by atoms with Gasteiger partial charge in [0.05, 0.1) is 0 Å². The third-order valence-corrected chi connectivity index (χ3v) is 4.51. The summed E-state index contributed by atoms with van der Waals surface area (Å²) < 4.78 is 0. The van der Waals surface area contributed by atoms with Crippen LogP contribution in [0.15, 0.2) is 60.7 Å². The first-order chi connectivity index (χ1) is 11.8. The summed E-state index contributed by atoms with van der Waals surface area (Å²) in [5.41, 5.74) is 2.21. The molecule has 0 aromatic heterocycles. The van der Waals surface area contributed by atoms with Gasteiger partial charge in [-0.25, -0.2) is 4.79 Å². The smallest absolute Gasteiger partial charge is 0.319 e. The fourth-order valence-corrected chi connectivity index (χ4v) is 3.30. The first kappa shape index (κ1) is 16.5. The zero-order valence-corrected chi connectivity index (χ0v) is 13.9. The van der Waals surface area contributed by atoms with E-state index in [1.807, 2.05) is 30.3 Å². The molecule has 0 spiro atoms. The zero-order valence-electron chi connectivity index (χ0n) is 13.9. The van der Waals surface area contributed by atoms with Gasteiger partial charge >= 0.3 is 6.03 Å². The van der Waals surface area contributed by atoms with Crippen LogP contribution in [0.5, 0.6) is 0 Å². The number of hydrogen-bond acceptors (Lipinski definition) is 2. The lowest BCUT2D eigenvalue weighted by atomic mass is 9.87. The number of piperidine rings is 1. The summed E-state index contributed by atoms with van der Waals surface area (Å²) in [6, 6.07) is 20.4. The molecule has 1 heterocycles. The van der Waals surface area contributed by atoms with Gasteiger partial charge < -0.3 is 16.0 Å². The van der Waals surface area contributed by atoms with E-state index in [1.54, 1.807) is 0 Å². The number of hydrogen-bond donors (Lipinski definition) is 3.